The molecule has 0 amide bonds. The summed E-state index contributed by atoms with van der Waals surface area (Å²) in [6.07, 6.45) is 9.49. The molecular weight excluding hydrogens is 389 g/mol. The van der Waals surface area contributed by atoms with E-state index in [-0.39, 0.29) is 24.0 Å². The lowest BCUT2D eigenvalue weighted by atomic mass is 9.86. The van der Waals surface area contributed by atoms with Crippen LogP contribution in [0.25, 0.3) is 0 Å². The van der Waals surface area contributed by atoms with Gasteiger partial charge >= 0.3 is 0 Å². The molecule has 0 aromatic heterocycles. The minimum atomic E-state index is 0. The standard InChI is InChI=1S/C17H27N3O.HI/c1-21-16-11-9-15(10-12-16)20-17(18)19-13-5-8-14-6-3-2-4-7-14;/h9-12,14H,2-8,13H2,1H3,(H3,18,19,20);1H. The maximum Gasteiger partial charge on any atom is 0.193 e. The predicted molar refractivity (Wildman–Crippen MR) is 104 cm³/mol. The largest absolute Gasteiger partial charge is 0.497 e. The van der Waals surface area contributed by atoms with Crippen molar-refractivity contribution in [3.05, 3.63) is 24.3 Å². The molecule has 1 fully saturated rings. The van der Waals surface area contributed by atoms with Crippen LogP contribution < -0.4 is 15.8 Å². The molecule has 0 heterocycles. The lowest BCUT2D eigenvalue weighted by Crippen LogP contribution is -2.22. The Morgan fingerprint density at radius 3 is 2.55 bits per heavy atom. The molecule has 5 heteroatoms. The van der Waals surface area contributed by atoms with E-state index in [2.05, 4.69) is 10.3 Å². The Bertz CT molecular complexity index is 442. The Morgan fingerprint density at radius 2 is 1.91 bits per heavy atom. The normalized spacial score (nSPS) is 16.0. The lowest BCUT2D eigenvalue weighted by molar-refractivity contribution is 0.334. The molecule has 0 spiro atoms. The summed E-state index contributed by atoms with van der Waals surface area (Å²) in [5, 5.41) is 3.10. The van der Waals surface area contributed by atoms with Gasteiger partial charge in [-0.2, -0.15) is 0 Å². The highest BCUT2D eigenvalue weighted by Crippen LogP contribution is 2.27. The average Bonchev–Trinajstić information content (AvgIpc) is 2.53. The van der Waals surface area contributed by atoms with E-state index >= 15 is 0 Å². The van der Waals surface area contributed by atoms with Gasteiger partial charge in [-0.25, -0.2) is 0 Å². The average molecular weight is 417 g/mol. The smallest absolute Gasteiger partial charge is 0.193 e. The van der Waals surface area contributed by atoms with Crippen LogP contribution in [-0.4, -0.2) is 19.6 Å². The van der Waals surface area contributed by atoms with Crippen LogP contribution in [0.1, 0.15) is 44.9 Å². The van der Waals surface area contributed by atoms with Crippen LogP contribution in [0.15, 0.2) is 29.3 Å². The molecular formula is C17H28IN3O. The minimum absolute atomic E-state index is 0. The molecule has 0 radical (unpaired) electrons. The lowest BCUT2D eigenvalue weighted by Gasteiger charge is -2.20. The summed E-state index contributed by atoms with van der Waals surface area (Å²) in [5.41, 5.74) is 6.84. The number of hydrogen-bond acceptors (Lipinski definition) is 2. The Morgan fingerprint density at radius 1 is 1.23 bits per heavy atom. The molecule has 4 nitrogen and oxygen atoms in total. The van der Waals surface area contributed by atoms with Gasteiger partial charge in [-0.05, 0) is 43.0 Å². The molecule has 0 saturated heterocycles. The fraction of sp³-hybridized carbons (Fsp3) is 0.588. The number of ether oxygens (including phenoxy) is 1. The van der Waals surface area contributed by atoms with Crippen LogP contribution in [0, 0.1) is 5.92 Å². The van der Waals surface area contributed by atoms with E-state index in [4.69, 9.17) is 10.5 Å². The molecule has 22 heavy (non-hydrogen) atoms. The second-order valence-electron chi connectivity index (χ2n) is 5.77. The van der Waals surface area contributed by atoms with E-state index < -0.39 is 0 Å². The van der Waals surface area contributed by atoms with Crippen molar-refractivity contribution in [2.24, 2.45) is 16.6 Å². The third-order valence-corrected chi connectivity index (χ3v) is 4.14. The fourth-order valence-electron chi connectivity index (χ4n) is 2.92. The second kappa shape index (κ2) is 10.7. The number of benzene rings is 1. The van der Waals surface area contributed by atoms with Gasteiger partial charge in [0.15, 0.2) is 5.96 Å². The van der Waals surface area contributed by atoms with E-state index in [1.54, 1.807) is 7.11 Å². The van der Waals surface area contributed by atoms with E-state index in [1.807, 2.05) is 24.3 Å². The summed E-state index contributed by atoms with van der Waals surface area (Å²) >= 11 is 0. The Labute approximate surface area is 150 Å². The molecule has 1 aliphatic carbocycles. The quantitative estimate of drug-likeness (QED) is 0.312. The number of nitrogens with one attached hydrogen (secondary N) is 1. The fourth-order valence-corrected chi connectivity index (χ4v) is 2.92. The molecule has 0 unspecified atom stereocenters. The van der Waals surface area contributed by atoms with E-state index in [0.717, 1.165) is 30.3 Å². The van der Waals surface area contributed by atoms with Gasteiger partial charge in [-0.15, -0.1) is 24.0 Å². The third-order valence-electron chi connectivity index (χ3n) is 4.14. The van der Waals surface area contributed by atoms with Crippen molar-refractivity contribution in [1.82, 2.24) is 0 Å². The SMILES string of the molecule is COc1ccc(NC(N)=NCCCC2CCCCC2)cc1.I. The van der Waals surface area contributed by atoms with Crippen LogP contribution in [0.3, 0.4) is 0 Å². The highest BCUT2D eigenvalue weighted by molar-refractivity contribution is 14.0. The second-order valence-corrected chi connectivity index (χ2v) is 5.77. The molecule has 1 aromatic rings. The number of aliphatic imine (C=N–C) groups is 1. The number of rotatable bonds is 6. The minimum Gasteiger partial charge on any atom is -0.497 e. The van der Waals surface area contributed by atoms with Gasteiger partial charge in [-0.3, -0.25) is 4.99 Å². The maximum atomic E-state index is 5.90. The van der Waals surface area contributed by atoms with Crippen LogP contribution >= 0.6 is 24.0 Å². The number of halogens is 1. The van der Waals surface area contributed by atoms with Crippen molar-refractivity contribution < 1.29 is 4.74 Å². The number of guanidine groups is 1. The van der Waals surface area contributed by atoms with E-state index in [1.165, 1.54) is 38.5 Å². The molecule has 2 rings (SSSR count). The van der Waals surface area contributed by atoms with Crippen LogP contribution in [0.4, 0.5) is 5.69 Å². The first-order valence-electron chi connectivity index (χ1n) is 7.99. The highest BCUT2D eigenvalue weighted by atomic mass is 127. The van der Waals surface area contributed by atoms with Crippen molar-refractivity contribution >= 4 is 35.6 Å². The highest BCUT2D eigenvalue weighted by Gasteiger charge is 2.12. The van der Waals surface area contributed by atoms with Crippen LogP contribution in [0.2, 0.25) is 0 Å². The molecule has 1 saturated carbocycles. The third kappa shape index (κ3) is 6.85. The molecule has 1 aliphatic rings. The van der Waals surface area contributed by atoms with Crippen molar-refractivity contribution in [3.8, 4) is 5.75 Å². The van der Waals surface area contributed by atoms with Gasteiger partial charge in [0.05, 0.1) is 7.11 Å². The first-order chi connectivity index (χ1) is 10.3. The summed E-state index contributed by atoms with van der Waals surface area (Å²) in [4.78, 5) is 4.40. The van der Waals surface area contributed by atoms with Crippen LogP contribution in [-0.2, 0) is 0 Å². The molecule has 3 N–H and O–H groups in total. The molecule has 124 valence electrons. The summed E-state index contributed by atoms with van der Waals surface area (Å²) in [7, 11) is 1.66. The number of hydrogen-bond donors (Lipinski definition) is 2. The van der Waals surface area contributed by atoms with Gasteiger partial charge in [0.1, 0.15) is 5.75 Å². The topological polar surface area (TPSA) is 59.6 Å². The maximum absolute atomic E-state index is 5.90. The molecule has 0 atom stereocenters. The Balaban J connectivity index is 0.00000242. The van der Waals surface area contributed by atoms with Crippen molar-refractivity contribution in [3.63, 3.8) is 0 Å². The zero-order valence-electron chi connectivity index (χ0n) is 13.4. The van der Waals surface area contributed by atoms with Crippen LogP contribution in [0.5, 0.6) is 5.75 Å². The van der Waals surface area contributed by atoms with E-state index in [0.29, 0.717) is 5.96 Å². The molecule has 0 bridgehead atoms. The first-order valence-corrected chi connectivity index (χ1v) is 7.99. The van der Waals surface area contributed by atoms with Crippen molar-refractivity contribution in [2.75, 3.05) is 19.0 Å². The molecule has 0 aliphatic heterocycles. The van der Waals surface area contributed by atoms with Gasteiger partial charge < -0.3 is 15.8 Å². The number of anilines is 1. The predicted octanol–water partition coefficient (Wildman–Crippen LogP) is 4.40. The van der Waals surface area contributed by atoms with Crippen molar-refractivity contribution in [1.29, 1.82) is 0 Å². The zero-order chi connectivity index (χ0) is 14.9. The summed E-state index contributed by atoms with van der Waals surface area (Å²) < 4.78 is 5.12. The number of methoxy groups -OCH3 is 1. The Kier molecular flexibility index (Phi) is 9.27. The first kappa shape index (κ1) is 19.1. The van der Waals surface area contributed by atoms with Gasteiger partial charge in [0.2, 0.25) is 0 Å². The summed E-state index contributed by atoms with van der Waals surface area (Å²) in [5.74, 6) is 2.25. The zero-order valence-corrected chi connectivity index (χ0v) is 15.7. The summed E-state index contributed by atoms with van der Waals surface area (Å²) in [6.45, 7) is 0.811. The summed E-state index contributed by atoms with van der Waals surface area (Å²) in [6, 6.07) is 7.67. The van der Waals surface area contributed by atoms with Crippen molar-refractivity contribution in [2.45, 2.75) is 44.9 Å². The monoisotopic (exact) mass is 417 g/mol. The van der Waals surface area contributed by atoms with Gasteiger partial charge in [0, 0.05) is 12.2 Å². The van der Waals surface area contributed by atoms with E-state index in [9.17, 15) is 0 Å². The van der Waals surface area contributed by atoms with Gasteiger partial charge in [-0.1, -0.05) is 32.1 Å². The number of nitrogens with zero attached hydrogens (tertiary/aromatic N) is 1. The Hall–Kier alpha value is -0.980. The number of nitrogens with two attached hydrogens (primary N) is 1. The molecule has 1 aromatic carbocycles. The van der Waals surface area contributed by atoms with Gasteiger partial charge in [0.25, 0.3) is 0 Å².